The molecule has 0 bridgehead atoms. The Kier molecular flexibility index (Phi) is 4.19. The smallest absolute Gasteiger partial charge is 0.0771 e. The summed E-state index contributed by atoms with van der Waals surface area (Å²) >= 11 is 0. The molecule has 1 aliphatic rings. The van der Waals surface area contributed by atoms with Crippen molar-refractivity contribution in [3.63, 3.8) is 0 Å². The molecule has 0 amide bonds. The molecule has 2 heteroatoms. The summed E-state index contributed by atoms with van der Waals surface area (Å²) in [7, 11) is 0. The summed E-state index contributed by atoms with van der Waals surface area (Å²) in [5.41, 5.74) is -0.0413. The highest BCUT2D eigenvalue weighted by atomic mass is 16.3. The molecule has 1 aliphatic carbocycles. The van der Waals surface area contributed by atoms with Gasteiger partial charge >= 0.3 is 0 Å². The van der Waals surface area contributed by atoms with Crippen molar-refractivity contribution in [1.29, 1.82) is 0 Å². The average molecular weight is 213 g/mol. The zero-order valence-electron chi connectivity index (χ0n) is 10.8. The average Bonchev–Trinajstić information content (AvgIpc) is 2.24. The van der Waals surface area contributed by atoms with Crippen LogP contribution in [0.15, 0.2) is 0 Å². The van der Waals surface area contributed by atoms with Crippen molar-refractivity contribution in [2.24, 2.45) is 5.41 Å². The van der Waals surface area contributed by atoms with Gasteiger partial charge in [0.25, 0.3) is 0 Å². The zero-order valence-corrected chi connectivity index (χ0v) is 10.8. The first-order valence-corrected chi connectivity index (χ1v) is 6.29. The number of aliphatic hydroxyl groups is 1. The van der Waals surface area contributed by atoms with Gasteiger partial charge in [0.15, 0.2) is 0 Å². The van der Waals surface area contributed by atoms with Crippen molar-refractivity contribution < 1.29 is 5.11 Å². The first-order valence-electron chi connectivity index (χ1n) is 6.29. The predicted molar refractivity (Wildman–Crippen MR) is 65.0 cm³/mol. The van der Waals surface area contributed by atoms with Crippen LogP contribution < -0.4 is 5.32 Å². The van der Waals surface area contributed by atoms with E-state index in [1.54, 1.807) is 0 Å². The second-order valence-corrected chi connectivity index (χ2v) is 6.28. The van der Waals surface area contributed by atoms with Crippen molar-refractivity contribution in [3.8, 4) is 0 Å². The maximum Gasteiger partial charge on any atom is 0.0771 e. The Bertz CT molecular complexity index is 201. The predicted octanol–water partition coefficient (Wildman–Crippen LogP) is 2.71. The molecule has 0 radical (unpaired) electrons. The Morgan fingerprint density at radius 2 is 1.80 bits per heavy atom. The van der Waals surface area contributed by atoms with E-state index >= 15 is 0 Å². The number of hydrogen-bond acceptors (Lipinski definition) is 2. The molecule has 0 aromatic carbocycles. The molecule has 1 unspecified atom stereocenters. The molecule has 0 spiro atoms. The van der Waals surface area contributed by atoms with Crippen molar-refractivity contribution >= 4 is 0 Å². The SMILES string of the molecule is CC(C)NCC1(O)CCCC(C)(C)CC1. The van der Waals surface area contributed by atoms with Gasteiger partial charge in [0.2, 0.25) is 0 Å². The van der Waals surface area contributed by atoms with Crippen LogP contribution in [0.5, 0.6) is 0 Å². The lowest BCUT2D eigenvalue weighted by Gasteiger charge is -2.29. The highest BCUT2D eigenvalue weighted by Crippen LogP contribution is 2.37. The first kappa shape index (κ1) is 13.0. The summed E-state index contributed by atoms with van der Waals surface area (Å²) in [6.45, 7) is 9.64. The minimum atomic E-state index is -0.460. The van der Waals surface area contributed by atoms with E-state index in [1.165, 1.54) is 6.42 Å². The van der Waals surface area contributed by atoms with E-state index in [0.29, 0.717) is 11.5 Å². The highest BCUT2D eigenvalue weighted by molar-refractivity contribution is 4.88. The third-order valence-electron chi connectivity index (χ3n) is 3.60. The Labute approximate surface area is 94.5 Å². The van der Waals surface area contributed by atoms with E-state index in [1.807, 2.05) is 0 Å². The van der Waals surface area contributed by atoms with E-state index in [-0.39, 0.29) is 0 Å². The fourth-order valence-electron chi connectivity index (χ4n) is 2.29. The quantitative estimate of drug-likeness (QED) is 0.707. The van der Waals surface area contributed by atoms with Crippen molar-refractivity contribution in [2.75, 3.05) is 6.54 Å². The van der Waals surface area contributed by atoms with Gasteiger partial charge in [-0.2, -0.15) is 0 Å². The number of nitrogens with one attached hydrogen (secondary N) is 1. The standard InChI is InChI=1S/C13H27NO/c1-11(2)14-10-13(15)7-5-6-12(3,4)8-9-13/h11,14-15H,5-10H2,1-4H3. The largest absolute Gasteiger partial charge is 0.389 e. The van der Waals surface area contributed by atoms with Gasteiger partial charge in [-0.1, -0.05) is 34.1 Å². The highest BCUT2D eigenvalue weighted by Gasteiger charge is 2.33. The molecule has 2 nitrogen and oxygen atoms in total. The fraction of sp³-hybridized carbons (Fsp3) is 1.00. The third-order valence-corrected chi connectivity index (χ3v) is 3.60. The van der Waals surface area contributed by atoms with Crippen molar-refractivity contribution in [3.05, 3.63) is 0 Å². The Hall–Kier alpha value is -0.0800. The summed E-state index contributed by atoms with van der Waals surface area (Å²) in [5, 5.41) is 13.8. The molecule has 0 aromatic rings. The number of hydrogen-bond donors (Lipinski definition) is 2. The van der Waals surface area contributed by atoms with Crippen LogP contribution in [0.1, 0.15) is 59.8 Å². The molecule has 1 fully saturated rings. The van der Waals surface area contributed by atoms with Crippen molar-refractivity contribution in [2.45, 2.75) is 71.4 Å². The molecule has 0 saturated heterocycles. The summed E-state index contributed by atoms with van der Waals surface area (Å²) < 4.78 is 0. The first-order chi connectivity index (χ1) is 6.83. The second kappa shape index (κ2) is 4.84. The van der Waals surface area contributed by atoms with E-state index in [9.17, 15) is 5.11 Å². The minimum absolute atomic E-state index is 0.419. The summed E-state index contributed by atoms with van der Waals surface area (Å²) in [6.07, 6.45) is 5.44. The number of rotatable bonds is 3. The van der Waals surface area contributed by atoms with Crippen LogP contribution in [0.25, 0.3) is 0 Å². The Balaban J connectivity index is 2.47. The molecular formula is C13H27NO. The normalized spacial score (nSPS) is 31.6. The molecule has 0 heterocycles. The summed E-state index contributed by atoms with van der Waals surface area (Å²) in [4.78, 5) is 0. The van der Waals surface area contributed by atoms with Gasteiger partial charge in [0, 0.05) is 12.6 Å². The van der Waals surface area contributed by atoms with Gasteiger partial charge in [0.1, 0.15) is 0 Å². The fourth-order valence-corrected chi connectivity index (χ4v) is 2.29. The maximum atomic E-state index is 10.5. The van der Waals surface area contributed by atoms with Crippen molar-refractivity contribution in [1.82, 2.24) is 5.32 Å². The van der Waals surface area contributed by atoms with Gasteiger partial charge in [-0.3, -0.25) is 0 Å². The van der Waals surface area contributed by atoms with Crippen LogP contribution in [0.4, 0.5) is 0 Å². The van der Waals surface area contributed by atoms with Crippen LogP contribution in [0, 0.1) is 5.41 Å². The van der Waals surface area contributed by atoms with E-state index < -0.39 is 5.60 Å². The molecule has 0 aromatic heterocycles. The third kappa shape index (κ3) is 4.52. The molecule has 1 rings (SSSR count). The minimum Gasteiger partial charge on any atom is -0.389 e. The van der Waals surface area contributed by atoms with Gasteiger partial charge in [-0.15, -0.1) is 0 Å². The monoisotopic (exact) mass is 213 g/mol. The zero-order chi connectivity index (χ0) is 11.5. The Morgan fingerprint density at radius 3 is 2.40 bits per heavy atom. The van der Waals surface area contributed by atoms with Crippen LogP contribution >= 0.6 is 0 Å². The Morgan fingerprint density at radius 1 is 1.13 bits per heavy atom. The van der Waals surface area contributed by atoms with Crippen LogP contribution in [0.2, 0.25) is 0 Å². The van der Waals surface area contributed by atoms with E-state index in [0.717, 1.165) is 32.2 Å². The topological polar surface area (TPSA) is 32.3 Å². The maximum absolute atomic E-state index is 10.5. The lowest BCUT2D eigenvalue weighted by molar-refractivity contribution is 0.0211. The summed E-state index contributed by atoms with van der Waals surface area (Å²) in [5.74, 6) is 0. The molecule has 15 heavy (non-hydrogen) atoms. The van der Waals surface area contributed by atoms with Gasteiger partial charge in [0.05, 0.1) is 5.60 Å². The van der Waals surface area contributed by atoms with E-state index in [4.69, 9.17) is 0 Å². The summed E-state index contributed by atoms with van der Waals surface area (Å²) in [6, 6.07) is 0.463. The lowest BCUT2D eigenvalue weighted by Crippen LogP contribution is -2.42. The molecule has 0 aliphatic heterocycles. The molecular weight excluding hydrogens is 186 g/mol. The molecule has 2 N–H and O–H groups in total. The van der Waals surface area contributed by atoms with Gasteiger partial charge < -0.3 is 10.4 Å². The van der Waals surface area contributed by atoms with Crippen LogP contribution in [-0.2, 0) is 0 Å². The van der Waals surface area contributed by atoms with Crippen LogP contribution in [-0.4, -0.2) is 23.3 Å². The molecule has 1 atom stereocenters. The van der Waals surface area contributed by atoms with E-state index in [2.05, 4.69) is 33.0 Å². The molecule has 1 saturated carbocycles. The molecule has 90 valence electrons. The van der Waals surface area contributed by atoms with Crippen LogP contribution in [0.3, 0.4) is 0 Å². The van der Waals surface area contributed by atoms with Gasteiger partial charge in [-0.05, 0) is 31.1 Å². The van der Waals surface area contributed by atoms with Gasteiger partial charge in [-0.25, -0.2) is 0 Å². The second-order valence-electron chi connectivity index (χ2n) is 6.28. The lowest BCUT2D eigenvalue weighted by atomic mass is 9.84.